The highest BCUT2D eigenvalue weighted by atomic mass is 35.5. The standard InChI is InChI=1S/C10H10ClNO2/c11-10-7(3-1-5-8(10)13)4-2-6-9(12)14/h1-5,13H,6H2,(H2,12,14). The van der Waals surface area contributed by atoms with Crippen molar-refractivity contribution in [3.8, 4) is 5.75 Å². The van der Waals surface area contributed by atoms with Crippen LogP contribution >= 0.6 is 11.6 Å². The Morgan fingerprint density at radius 1 is 1.57 bits per heavy atom. The SMILES string of the molecule is NC(=O)CC=Cc1cccc(O)c1Cl. The van der Waals surface area contributed by atoms with Crippen LogP contribution in [0.1, 0.15) is 12.0 Å². The zero-order valence-electron chi connectivity index (χ0n) is 7.40. The Labute approximate surface area is 86.8 Å². The van der Waals surface area contributed by atoms with E-state index in [9.17, 15) is 9.90 Å². The van der Waals surface area contributed by atoms with Gasteiger partial charge >= 0.3 is 0 Å². The van der Waals surface area contributed by atoms with Gasteiger partial charge in [0, 0.05) is 6.42 Å². The molecule has 0 aliphatic heterocycles. The molecule has 74 valence electrons. The number of rotatable bonds is 3. The van der Waals surface area contributed by atoms with E-state index in [1.807, 2.05) is 0 Å². The molecule has 4 heteroatoms. The lowest BCUT2D eigenvalue weighted by Gasteiger charge is -1.99. The predicted octanol–water partition coefficient (Wildman–Crippen LogP) is 1.93. The van der Waals surface area contributed by atoms with Crippen LogP contribution in [-0.2, 0) is 4.79 Å². The van der Waals surface area contributed by atoms with Crippen LogP contribution in [0.3, 0.4) is 0 Å². The van der Waals surface area contributed by atoms with E-state index in [0.717, 1.165) is 0 Å². The second kappa shape index (κ2) is 4.67. The highest BCUT2D eigenvalue weighted by Gasteiger charge is 2.00. The molecule has 3 N–H and O–H groups in total. The second-order valence-electron chi connectivity index (χ2n) is 2.75. The average Bonchev–Trinajstić information content (AvgIpc) is 2.12. The summed E-state index contributed by atoms with van der Waals surface area (Å²) >= 11 is 5.79. The number of amides is 1. The van der Waals surface area contributed by atoms with Gasteiger partial charge in [0.05, 0.1) is 5.02 Å². The van der Waals surface area contributed by atoms with Crippen LogP contribution < -0.4 is 5.73 Å². The number of hydrogen-bond donors (Lipinski definition) is 2. The molecular formula is C10H10ClNO2. The van der Waals surface area contributed by atoms with Crippen LogP contribution in [0.2, 0.25) is 5.02 Å². The molecule has 0 atom stereocenters. The predicted molar refractivity (Wildman–Crippen MR) is 56.0 cm³/mol. The van der Waals surface area contributed by atoms with Crippen molar-refractivity contribution in [1.29, 1.82) is 0 Å². The first kappa shape index (κ1) is 10.6. The van der Waals surface area contributed by atoms with Gasteiger partial charge < -0.3 is 10.8 Å². The molecule has 1 aromatic rings. The fourth-order valence-corrected chi connectivity index (χ4v) is 1.16. The number of carbonyl (C=O) groups is 1. The number of halogens is 1. The summed E-state index contributed by atoms with van der Waals surface area (Å²) in [5, 5.41) is 9.52. The monoisotopic (exact) mass is 211 g/mol. The van der Waals surface area contributed by atoms with E-state index >= 15 is 0 Å². The zero-order chi connectivity index (χ0) is 10.6. The quantitative estimate of drug-likeness (QED) is 0.803. The van der Waals surface area contributed by atoms with Gasteiger partial charge in [0.2, 0.25) is 5.91 Å². The van der Waals surface area contributed by atoms with Crippen molar-refractivity contribution < 1.29 is 9.90 Å². The molecule has 1 aromatic carbocycles. The summed E-state index contributed by atoms with van der Waals surface area (Å²) in [6, 6.07) is 4.90. The van der Waals surface area contributed by atoms with Crippen molar-refractivity contribution in [3.05, 3.63) is 34.9 Å². The number of primary amides is 1. The molecule has 0 heterocycles. The molecule has 3 nitrogen and oxygen atoms in total. The van der Waals surface area contributed by atoms with E-state index in [-0.39, 0.29) is 17.2 Å². The average molecular weight is 212 g/mol. The Morgan fingerprint density at radius 2 is 2.29 bits per heavy atom. The zero-order valence-corrected chi connectivity index (χ0v) is 8.16. The van der Waals surface area contributed by atoms with Gasteiger partial charge in [0.15, 0.2) is 0 Å². The number of carbonyl (C=O) groups excluding carboxylic acids is 1. The van der Waals surface area contributed by atoms with Crippen molar-refractivity contribution >= 4 is 23.6 Å². The molecule has 0 aliphatic rings. The van der Waals surface area contributed by atoms with Crippen molar-refractivity contribution in [3.63, 3.8) is 0 Å². The normalized spacial score (nSPS) is 10.6. The first-order valence-corrected chi connectivity index (χ1v) is 4.41. The molecule has 0 aliphatic carbocycles. The molecule has 1 amide bonds. The van der Waals surface area contributed by atoms with Gasteiger partial charge in [-0.3, -0.25) is 4.79 Å². The van der Waals surface area contributed by atoms with E-state index < -0.39 is 5.91 Å². The molecule has 0 spiro atoms. The van der Waals surface area contributed by atoms with E-state index in [0.29, 0.717) is 5.56 Å². The minimum atomic E-state index is -0.405. The molecule has 0 bridgehead atoms. The number of benzene rings is 1. The van der Waals surface area contributed by atoms with E-state index in [2.05, 4.69) is 0 Å². The summed E-state index contributed by atoms with van der Waals surface area (Å²) in [6.45, 7) is 0. The van der Waals surface area contributed by atoms with Gasteiger partial charge in [0.1, 0.15) is 5.75 Å². The number of nitrogens with two attached hydrogens (primary N) is 1. The van der Waals surface area contributed by atoms with Crippen molar-refractivity contribution in [2.24, 2.45) is 5.73 Å². The third-order valence-electron chi connectivity index (χ3n) is 1.62. The summed E-state index contributed by atoms with van der Waals surface area (Å²) in [7, 11) is 0. The maximum atomic E-state index is 10.4. The highest BCUT2D eigenvalue weighted by molar-refractivity contribution is 6.33. The Balaban J connectivity index is 2.81. The van der Waals surface area contributed by atoms with Crippen LogP contribution in [0.25, 0.3) is 6.08 Å². The maximum absolute atomic E-state index is 10.4. The number of phenolic OH excluding ortho intramolecular Hbond substituents is 1. The summed E-state index contributed by atoms with van der Waals surface area (Å²) in [5.74, 6) is -0.384. The molecule has 14 heavy (non-hydrogen) atoms. The summed E-state index contributed by atoms with van der Waals surface area (Å²) in [4.78, 5) is 10.4. The lowest BCUT2D eigenvalue weighted by molar-refractivity contribution is -0.117. The molecule has 0 radical (unpaired) electrons. The van der Waals surface area contributed by atoms with Gasteiger partial charge in [-0.2, -0.15) is 0 Å². The Hall–Kier alpha value is -1.48. The number of phenols is 1. The van der Waals surface area contributed by atoms with E-state index in [1.165, 1.54) is 6.07 Å². The smallest absolute Gasteiger partial charge is 0.221 e. The Bertz CT molecular complexity index is 374. The third kappa shape index (κ3) is 2.78. The molecule has 1 rings (SSSR count). The maximum Gasteiger partial charge on any atom is 0.221 e. The second-order valence-corrected chi connectivity index (χ2v) is 3.13. The number of aromatic hydroxyl groups is 1. The largest absolute Gasteiger partial charge is 0.506 e. The first-order chi connectivity index (χ1) is 6.61. The van der Waals surface area contributed by atoms with Gasteiger partial charge in [-0.15, -0.1) is 0 Å². The topological polar surface area (TPSA) is 63.3 Å². The minimum Gasteiger partial charge on any atom is -0.506 e. The lowest BCUT2D eigenvalue weighted by Crippen LogP contribution is -2.07. The van der Waals surface area contributed by atoms with Crippen molar-refractivity contribution in [2.45, 2.75) is 6.42 Å². The summed E-state index contributed by atoms with van der Waals surface area (Å²) in [6.07, 6.45) is 3.40. The van der Waals surface area contributed by atoms with Gasteiger partial charge in [0.25, 0.3) is 0 Å². The molecule has 0 saturated heterocycles. The molecule has 0 fully saturated rings. The minimum absolute atomic E-state index is 0.0212. The van der Waals surface area contributed by atoms with E-state index in [1.54, 1.807) is 24.3 Å². The molecular weight excluding hydrogens is 202 g/mol. The van der Waals surface area contributed by atoms with Gasteiger partial charge in [-0.05, 0) is 11.6 Å². The fourth-order valence-electron chi connectivity index (χ4n) is 0.968. The molecule has 0 saturated carbocycles. The van der Waals surface area contributed by atoms with Crippen LogP contribution in [0.4, 0.5) is 0 Å². The van der Waals surface area contributed by atoms with Crippen LogP contribution in [-0.4, -0.2) is 11.0 Å². The van der Waals surface area contributed by atoms with Crippen molar-refractivity contribution in [1.82, 2.24) is 0 Å². The first-order valence-electron chi connectivity index (χ1n) is 4.03. The highest BCUT2D eigenvalue weighted by Crippen LogP contribution is 2.27. The lowest BCUT2D eigenvalue weighted by atomic mass is 10.2. The Morgan fingerprint density at radius 3 is 2.93 bits per heavy atom. The fraction of sp³-hybridized carbons (Fsp3) is 0.100. The molecule has 0 unspecified atom stereocenters. The Kier molecular flexibility index (Phi) is 3.54. The van der Waals surface area contributed by atoms with E-state index in [4.69, 9.17) is 17.3 Å². The van der Waals surface area contributed by atoms with Crippen LogP contribution in [0, 0.1) is 0 Å². The third-order valence-corrected chi connectivity index (χ3v) is 2.04. The molecule has 0 aromatic heterocycles. The van der Waals surface area contributed by atoms with Crippen LogP contribution in [0.5, 0.6) is 5.75 Å². The number of hydrogen-bond acceptors (Lipinski definition) is 2. The van der Waals surface area contributed by atoms with Crippen molar-refractivity contribution in [2.75, 3.05) is 0 Å². The van der Waals surface area contributed by atoms with Gasteiger partial charge in [-0.1, -0.05) is 35.9 Å². The summed E-state index contributed by atoms with van der Waals surface area (Å²) < 4.78 is 0. The van der Waals surface area contributed by atoms with Gasteiger partial charge in [-0.25, -0.2) is 0 Å². The van der Waals surface area contributed by atoms with Crippen LogP contribution in [0.15, 0.2) is 24.3 Å². The summed E-state index contributed by atoms with van der Waals surface area (Å²) in [5.41, 5.74) is 5.61.